The Morgan fingerprint density at radius 1 is 1.03 bits per heavy atom. The molecule has 7 rings (SSSR count). The van der Waals surface area contributed by atoms with Crippen molar-refractivity contribution in [3.63, 3.8) is 0 Å². The molecular formula is C25H18ClN3O5S2. The Labute approximate surface area is 217 Å². The molecule has 8 nitrogen and oxygen atoms in total. The molecule has 11 heteroatoms. The van der Waals surface area contributed by atoms with Gasteiger partial charge in [-0.15, -0.1) is 11.8 Å². The minimum Gasteiger partial charge on any atom is -0.307 e. The largest absolute Gasteiger partial charge is 0.307 e. The number of nitrogens with zero attached hydrogens (tertiary/aromatic N) is 2. The Morgan fingerprint density at radius 3 is 2.47 bits per heavy atom. The first-order valence-electron chi connectivity index (χ1n) is 11.6. The molecule has 2 saturated carbocycles. The van der Waals surface area contributed by atoms with E-state index >= 15 is 0 Å². The van der Waals surface area contributed by atoms with Crippen LogP contribution < -0.4 is 9.77 Å². The second-order valence-electron chi connectivity index (χ2n) is 9.80. The van der Waals surface area contributed by atoms with Gasteiger partial charge in [-0.1, -0.05) is 35.1 Å². The molecule has 1 aromatic heterocycles. The lowest BCUT2D eigenvalue weighted by atomic mass is 9.68. The molecule has 3 aromatic rings. The molecular weight excluding hydrogens is 522 g/mol. The highest BCUT2D eigenvalue weighted by atomic mass is 35.5. The van der Waals surface area contributed by atoms with Gasteiger partial charge in [-0.2, -0.15) is 0 Å². The molecule has 1 saturated heterocycles. The number of amides is 2. The number of hydrogen-bond donors (Lipinski definition) is 1. The number of nitrogens with one attached hydrogen (secondary N) is 1. The molecule has 2 bridgehead atoms. The summed E-state index contributed by atoms with van der Waals surface area (Å²) in [7, 11) is 0. The van der Waals surface area contributed by atoms with Crippen LogP contribution in [0, 0.1) is 39.7 Å². The van der Waals surface area contributed by atoms with Crippen molar-refractivity contribution in [3.8, 4) is 0 Å². The number of fused-ring (bicyclic) bond motifs is 9. The van der Waals surface area contributed by atoms with Crippen molar-refractivity contribution in [2.75, 3.05) is 4.90 Å². The predicted molar refractivity (Wildman–Crippen MR) is 136 cm³/mol. The van der Waals surface area contributed by atoms with Crippen molar-refractivity contribution >= 4 is 57.9 Å². The van der Waals surface area contributed by atoms with Crippen molar-refractivity contribution in [3.05, 3.63) is 83.8 Å². The number of carbonyl (C=O) groups excluding carboxylic acids is 2. The van der Waals surface area contributed by atoms with E-state index in [1.54, 1.807) is 48.2 Å². The quantitative estimate of drug-likeness (QED) is 0.294. The molecule has 0 spiro atoms. The van der Waals surface area contributed by atoms with Crippen molar-refractivity contribution < 1.29 is 14.5 Å². The van der Waals surface area contributed by atoms with Crippen LogP contribution in [-0.4, -0.2) is 27.0 Å². The number of anilines is 1. The number of thioether (sulfide) groups is 1. The van der Waals surface area contributed by atoms with Crippen LogP contribution in [0.3, 0.4) is 0 Å². The van der Waals surface area contributed by atoms with Crippen molar-refractivity contribution in [2.45, 2.75) is 22.6 Å². The monoisotopic (exact) mass is 539 g/mol. The van der Waals surface area contributed by atoms with Gasteiger partial charge in [-0.05, 0) is 54.0 Å². The third kappa shape index (κ3) is 2.98. The fourth-order valence-electron chi connectivity index (χ4n) is 7.07. The highest BCUT2D eigenvalue weighted by Crippen LogP contribution is 2.68. The second kappa shape index (κ2) is 7.77. The van der Waals surface area contributed by atoms with E-state index in [-0.39, 0.29) is 51.3 Å². The van der Waals surface area contributed by atoms with Crippen LogP contribution in [0.15, 0.2) is 58.4 Å². The van der Waals surface area contributed by atoms with Gasteiger partial charge in [0.15, 0.2) is 0 Å². The summed E-state index contributed by atoms with van der Waals surface area (Å²) in [5.74, 6) is -1.52. The number of aromatic nitrogens is 1. The number of thiazole rings is 1. The van der Waals surface area contributed by atoms with Gasteiger partial charge >= 0.3 is 4.87 Å². The van der Waals surface area contributed by atoms with Gasteiger partial charge in [-0.25, -0.2) is 0 Å². The van der Waals surface area contributed by atoms with E-state index < -0.39 is 16.8 Å². The van der Waals surface area contributed by atoms with Crippen molar-refractivity contribution in [2.24, 2.45) is 29.6 Å². The van der Waals surface area contributed by atoms with Crippen LogP contribution in [0.25, 0.3) is 0 Å². The Morgan fingerprint density at radius 2 is 1.75 bits per heavy atom. The van der Waals surface area contributed by atoms with E-state index in [0.717, 1.165) is 33.2 Å². The summed E-state index contributed by atoms with van der Waals surface area (Å²) in [6, 6.07) is 13.3. The zero-order chi connectivity index (χ0) is 24.9. The van der Waals surface area contributed by atoms with E-state index in [9.17, 15) is 24.5 Å². The van der Waals surface area contributed by atoms with Gasteiger partial charge in [-0.3, -0.25) is 29.4 Å². The molecule has 36 heavy (non-hydrogen) atoms. The van der Waals surface area contributed by atoms with E-state index in [1.165, 1.54) is 11.0 Å². The standard InChI is InChI=1S/C25H18ClN3O5S2/c26-11-4-6-12(7-5-11)28-23(30)18-14-9-15(19(18)24(28)31)20-17(14)16(21-22(35-20)27-25(32)36-21)10-2-1-3-13(8-10)29(33)34/h1-8,14-20H,9H2,(H,27,32). The number of aromatic amines is 1. The average Bonchev–Trinajstić information content (AvgIpc) is 3.59. The van der Waals surface area contributed by atoms with Crippen LogP contribution in [-0.2, 0) is 9.59 Å². The van der Waals surface area contributed by atoms with Crippen LogP contribution in [0.1, 0.15) is 22.8 Å². The van der Waals surface area contributed by atoms with Crippen LogP contribution >= 0.6 is 34.7 Å². The fourth-order valence-corrected chi connectivity index (χ4v) is 10.1. The normalized spacial score (nSPS) is 31.9. The lowest BCUT2D eigenvalue weighted by molar-refractivity contribution is -0.384. The van der Waals surface area contributed by atoms with Crippen molar-refractivity contribution in [1.82, 2.24) is 4.98 Å². The summed E-state index contributed by atoms with van der Waals surface area (Å²) in [6.45, 7) is 0. The first-order valence-corrected chi connectivity index (χ1v) is 13.7. The number of nitro groups is 1. The summed E-state index contributed by atoms with van der Waals surface area (Å²) in [6.07, 6.45) is 0.758. The summed E-state index contributed by atoms with van der Waals surface area (Å²) >= 11 is 8.74. The topological polar surface area (TPSA) is 113 Å². The minimum atomic E-state index is -0.432. The van der Waals surface area contributed by atoms with Gasteiger partial charge in [0.1, 0.15) is 0 Å². The van der Waals surface area contributed by atoms with Gasteiger partial charge in [0, 0.05) is 33.2 Å². The van der Waals surface area contributed by atoms with E-state index in [0.29, 0.717) is 10.7 Å². The Kier molecular flexibility index (Phi) is 4.81. The van der Waals surface area contributed by atoms with Crippen LogP contribution in [0.5, 0.6) is 0 Å². The molecule has 4 aliphatic rings. The Balaban J connectivity index is 1.33. The maximum atomic E-state index is 13.7. The fraction of sp³-hybridized carbons (Fsp3) is 0.320. The smallest absolute Gasteiger partial charge is 0.305 e. The highest BCUT2D eigenvalue weighted by molar-refractivity contribution is 8.00. The first-order chi connectivity index (χ1) is 17.3. The molecule has 1 N–H and O–H groups in total. The number of carbonyl (C=O) groups is 2. The second-order valence-corrected chi connectivity index (χ2v) is 12.4. The molecule has 2 aliphatic carbocycles. The molecule has 3 fully saturated rings. The number of rotatable bonds is 3. The van der Waals surface area contributed by atoms with Gasteiger partial charge < -0.3 is 4.98 Å². The molecule has 0 radical (unpaired) electrons. The SMILES string of the molecule is O=C1C2C3CC(C2C(=O)N1c1ccc(Cl)cc1)C1C(c2cccc([N+](=O)[O-])c2)c2sc(=O)[nH]c2SC31. The summed E-state index contributed by atoms with van der Waals surface area (Å²) in [5.41, 5.74) is 1.29. The zero-order valence-electron chi connectivity index (χ0n) is 18.5. The summed E-state index contributed by atoms with van der Waals surface area (Å²) in [5, 5.41) is 12.8. The maximum Gasteiger partial charge on any atom is 0.305 e. The minimum absolute atomic E-state index is 0.00576. The molecule has 2 amide bonds. The molecule has 2 aliphatic heterocycles. The zero-order valence-corrected chi connectivity index (χ0v) is 20.9. The maximum absolute atomic E-state index is 13.7. The Hall–Kier alpha value is -2.95. The first kappa shape index (κ1) is 22.3. The molecule has 7 unspecified atom stereocenters. The molecule has 2 aromatic carbocycles. The predicted octanol–water partition coefficient (Wildman–Crippen LogP) is 4.68. The summed E-state index contributed by atoms with van der Waals surface area (Å²) < 4.78 is 0. The van der Waals surface area contributed by atoms with E-state index in [1.807, 2.05) is 6.07 Å². The molecule has 182 valence electrons. The lowest BCUT2D eigenvalue weighted by Gasteiger charge is -2.42. The highest BCUT2D eigenvalue weighted by Gasteiger charge is 2.69. The number of imide groups is 1. The average molecular weight is 540 g/mol. The third-order valence-corrected chi connectivity index (χ3v) is 11.1. The number of H-pyrrole nitrogens is 1. The lowest BCUT2D eigenvalue weighted by Crippen LogP contribution is -2.42. The molecule has 3 heterocycles. The van der Waals surface area contributed by atoms with E-state index in [2.05, 4.69) is 4.98 Å². The molecule has 7 atom stereocenters. The number of benzene rings is 2. The number of hydrogen-bond acceptors (Lipinski definition) is 7. The number of non-ortho nitro benzene ring substituents is 1. The van der Waals surface area contributed by atoms with Crippen LogP contribution in [0.4, 0.5) is 11.4 Å². The number of halogens is 1. The van der Waals surface area contributed by atoms with Gasteiger partial charge in [0.25, 0.3) is 5.69 Å². The third-order valence-electron chi connectivity index (χ3n) is 8.25. The van der Waals surface area contributed by atoms with E-state index in [4.69, 9.17) is 11.6 Å². The number of nitro benzene ring substituents is 1. The van der Waals surface area contributed by atoms with Crippen molar-refractivity contribution in [1.29, 1.82) is 0 Å². The summed E-state index contributed by atoms with van der Waals surface area (Å²) in [4.78, 5) is 55.7. The van der Waals surface area contributed by atoms with Gasteiger partial charge in [0.2, 0.25) is 11.8 Å². The van der Waals surface area contributed by atoms with Gasteiger partial charge in [0.05, 0.1) is 27.5 Å². The van der Waals surface area contributed by atoms with Crippen LogP contribution in [0.2, 0.25) is 5.02 Å². The Bertz CT molecular complexity index is 1520.